The van der Waals surface area contributed by atoms with E-state index < -0.39 is 0 Å². The molecule has 8 heteroatoms. The molecule has 0 saturated heterocycles. The Hall–Kier alpha value is -4.07. The van der Waals surface area contributed by atoms with Gasteiger partial charge >= 0.3 is 0 Å². The van der Waals surface area contributed by atoms with Gasteiger partial charge < -0.3 is 5.32 Å². The Balaban J connectivity index is 1.70. The van der Waals surface area contributed by atoms with E-state index in [1.807, 2.05) is 32.0 Å². The van der Waals surface area contributed by atoms with Crippen LogP contribution in [0.2, 0.25) is 0 Å². The summed E-state index contributed by atoms with van der Waals surface area (Å²) >= 11 is 0. The van der Waals surface area contributed by atoms with E-state index >= 15 is 0 Å². The molecule has 0 radical (unpaired) electrons. The summed E-state index contributed by atoms with van der Waals surface area (Å²) in [5.41, 5.74) is 4.13. The van der Waals surface area contributed by atoms with Crippen LogP contribution in [0, 0.1) is 16.0 Å². The predicted octanol–water partition coefficient (Wildman–Crippen LogP) is 6.05. The lowest BCUT2D eigenvalue weighted by Crippen LogP contribution is -2.15. The van der Waals surface area contributed by atoms with E-state index in [1.54, 1.807) is 47.1 Å². The highest BCUT2D eigenvalue weighted by Gasteiger charge is 2.19. The van der Waals surface area contributed by atoms with Crippen molar-refractivity contribution in [2.75, 3.05) is 5.32 Å². The number of nitro benzene ring substituents is 1. The van der Waals surface area contributed by atoms with Crippen LogP contribution < -0.4 is 5.32 Å². The molecule has 0 fully saturated rings. The molecule has 0 aliphatic carbocycles. The molecule has 1 N–H and O–H groups in total. The molecule has 2 heterocycles. The minimum atomic E-state index is -0.355. The van der Waals surface area contributed by atoms with Gasteiger partial charge in [-0.05, 0) is 35.4 Å². The Morgan fingerprint density at radius 2 is 1.80 bits per heavy atom. The Bertz CT molecular complexity index is 1400. The number of nitro groups is 1. The molecule has 0 unspecified atom stereocenters. The van der Waals surface area contributed by atoms with Crippen molar-refractivity contribution in [3.8, 4) is 11.3 Å². The van der Waals surface area contributed by atoms with Gasteiger partial charge in [-0.3, -0.25) is 14.9 Å². The number of carbonyl (C=O) groups excluding carboxylic acids is 1. The number of hydrogen-bond donors (Lipinski definition) is 1. The first-order valence-corrected chi connectivity index (χ1v) is 11.6. The monoisotopic (exact) mass is 471 g/mol. The van der Waals surface area contributed by atoms with E-state index in [0.717, 1.165) is 5.56 Å². The molecule has 0 aliphatic rings. The summed E-state index contributed by atoms with van der Waals surface area (Å²) in [5, 5.41) is 19.0. The van der Waals surface area contributed by atoms with Crippen LogP contribution in [0.4, 0.5) is 11.5 Å². The third-order valence-electron chi connectivity index (χ3n) is 5.82. The van der Waals surface area contributed by atoms with Crippen molar-refractivity contribution in [3.63, 3.8) is 0 Å². The van der Waals surface area contributed by atoms with E-state index in [9.17, 15) is 14.9 Å². The number of amides is 1. The van der Waals surface area contributed by atoms with E-state index in [2.05, 4.69) is 36.2 Å². The standard InChI is InChI=1S/C27H29N5O3/c1-17(2)14-19-6-7-20(15-23(19)32(34)35)22-16-24(29-25-12-13-28-31(22)25)30-26(33)18-8-10-21(11-9-18)27(3,4)5/h6-13,15-17H,14H2,1-5H3,(H,29,30,33). The molecule has 0 atom stereocenters. The first-order chi connectivity index (χ1) is 16.5. The Kier molecular flexibility index (Phi) is 6.39. The van der Waals surface area contributed by atoms with E-state index in [0.29, 0.717) is 40.3 Å². The van der Waals surface area contributed by atoms with Gasteiger partial charge in [-0.15, -0.1) is 0 Å². The van der Waals surface area contributed by atoms with E-state index in [-0.39, 0.29) is 27.9 Å². The largest absolute Gasteiger partial charge is 0.306 e. The molecular weight excluding hydrogens is 442 g/mol. The fraction of sp³-hybridized carbons (Fsp3) is 0.296. The first-order valence-electron chi connectivity index (χ1n) is 11.6. The number of hydrogen-bond acceptors (Lipinski definition) is 5. The Morgan fingerprint density at radius 1 is 1.09 bits per heavy atom. The number of anilines is 1. The Morgan fingerprint density at radius 3 is 2.43 bits per heavy atom. The number of nitrogens with zero attached hydrogens (tertiary/aromatic N) is 4. The van der Waals surface area contributed by atoms with E-state index in [1.165, 1.54) is 0 Å². The molecule has 2 aromatic carbocycles. The maximum Gasteiger partial charge on any atom is 0.273 e. The lowest BCUT2D eigenvalue weighted by molar-refractivity contribution is -0.385. The fourth-order valence-electron chi connectivity index (χ4n) is 4.00. The van der Waals surface area contributed by atoms with Crippen LogP contribution >= 0.6 is 0 Å². The summed E-state index contributed by atoms with van der Waals surface area (Å²) in [6.07, 6.45) is 2.21. The number of rotatable bonds is 6. The molecule has 8 nitrogen and oxygen atoms in total. The van der Waals surface area contributed by atoms with Crippen molar-refractivity contribution in [1.82, 2.24) is 14.6 Å². The van der Waals surface area contributed by atoms with Crippen molar-refractivity contribution in [2.24, 2.45) is 5.92 Å². The predicted molar refractivity (Wildman–Crippen MR) is 137 cm³/mol. The highest BCUT2D eigenvalue weighted by atomic mass is 16.6. The van der Waals surface area contributed by atoms with Crippen molar-refractivity contribution < 1.29 is 9.72 Å². The average molecular weight is 472 g/mol. The quantitative estimate of drug-likeness (QED) is 0.272. The van der Waals surface area contributed by atoms with Gasteiger partial charge in [0, 0.05) is 34.9 Å². The van der Waals surface area contributed by atoms with Gasteiger partial charge in [0.2, 0.25) is 0 Å². The van der Waals surface area contributed by atoms with Crippen LogP contribution in [0.5, 0.6) is 0 Å². The van der Waals surface area contributed by atoms with Crippen molar-refractivity contribution in [2.45, 2.75) is 46.5 Å². The first kappa shape index (κ1) is 24.1. The Labute approximate surface area is 204 Å². The van der Waals surface area contributed by atoms with Crippen molar-refractivity contribution in [1.29, 1.82) is 0 Å². The summed E-state index contributed by atoms with van der Waals surface area (Å²) in [7, 11) is 0. The lowest BCUT2D eigenvalue weighted by Gasteiger charge is -2.19. The highest BCUT2D eigenvalue weighted by Crippen LogP contribution is 2.30. The van der Waals surface area contributed by atoms with E-state index in [4.69, 9.17) is 0 Å². The van der Waals surface area contributed by atoms with Gasteiger partial charge in [0.15, 0.2) is 5.65 Å². The number of carbonyl (C=O) groups is 1. The summed E-state index contributed by atoms with van der Waals surface area (Å²) in [5.74, 6) is 0.343. The fourth-order valence-corrected chi connectivity index (χ4v) is 4.00. The maximum absolute atomic E-state index is 12.9. The molecular formula is C27H29N5O3. The van der Waals surface area contributed by atoms with Crippen molar-refractivity contribution in [3.05, 3.63) is 87.6 Å². The number of benzene rings is 2. The van der Waals surface area contributed by atoms with Gasteiger partial charge in [0.1, 0.15) is 5.82 Å². The summed E-state index contributed by atoms with van der Waals surface area (Å²) in [6, 6.07) is 16.1. The summed E-state index contributed by atoms with van der Waals surface area (Å²) in [6.45, 7) is 10.4. The maximum atomic E-state index is 12.9. The summed E-state index contributed by atoms with van der Waals surface area (Å²) in [4.78, 5) is 28.8. The molecule has 0 aliphatic heterocycles. The zero-order chi connectivity index (χ0) is 25.3. The molecule has 180 valence electrons. The minimum absolute atomic E-state index is 0.00810. The van der Waals surface area contributed by atoms with Crippen molar-refractivity contribution >= 4 is 23.1 Å². The lowest BCUT2D eigenvalue weighted by atomic mass is 9.87. The number of fused-ring (bicyclic) bond motifs is 1. The van der Waals surface area contributed by atoms with Gasteiger partial charge in [0.25, 0.3) is 11.6 Å². The molecule has 0 spiro atoms. The molecule has 1 amide bonds. The van der Waals surface area contributed by atoms with Crippen LogP contribution in [-0.4, -0.2) is 25.4 Å². The second-order valence-electron chi connectivity index (χ2n) is 10.1. The molecule has 4 aromatic rings. The van der Waals surface area contributed by atoms with Crippen LogP contribution in [0.15, 0.2) is 60.8 Å². The molecule has 0 bridgehead atoms. The van der Waals surface area contributed by atoms with Crippen LogP contribution in [0.3, 0.4) is 0 Å². The van der Waals surface area contributed by atoms with Gasteiger partial charge in [-0.2, -0.15) is 5.10 Å². The minimum Gasteiger partial charge on any atom is -0.306 e. The highest BCUT2D eigenvalue weighted by molar-refractivity contribution is 6.04. The molecule has 0 saturated carbocycles. The molecule has 4 rings (SSSR count). The molecule has 2 aromatic heterocycles. The normalized spacial score (nSPS) is 11.7. The number of nitrogens with one attached hydrogen (secondary N) is 1. The zero-order valence-electron chi connectivity index (χ0n) is 20.6. The average Bonchev–Trinajstić information content (AvgIpc) is 3.26. The second kappa shape index (κ2) is 9.29. The smallest absolute Gasteiger partial charge is 0.273 e. The SMILES string of the molecule is CC(C)Cc1ccc(-c2cc(NC(=O)c3ccc(C(C)(C)C)cc3)nc3ccnn23)cc1[N+](=O)[O-]. The number of aromatic nitrogens is 3. The second-order valence-corrected chi connectivity index (χ2v) is 10.1. The van der Waals surface area contributed by atoms with Gasteiger partial charge in [0.05, 0.1) is 16.8 Å². The zero-order valence-corrected chi connectivity index (χ0v) is 20.6. The van der Waals surface area contributed by atoms with Gasteiger partial charge in [-0.1, -0.05) is 58.9 Å². The third kappa shape index (κ3) is 5.21. The van der Waals surface area contributed by atoms with Gasteiger partial charge in [-0.25, -0.2) is 9.50 Å². The van der Waals surface area contributed by atoms with Crippen LogP contribution in [0.1, 0.15) is 56.1 Å². The summed E-state index contributed by atoms with van der Waals surface area (Å²) < 4.78 is 1.61. The molecule has 35 heavy (non-hydrogen) atoms. The third-order valence-corrected chi connectivity index (χ3v) is 5.82. The van der Waals surface area contributed by atoms with Crippen LogP contribution in [0.25, 0.3) is 16.9 Å². The van der Waals surface area contributed by atoms with Crippen LogP contribution in [-0.2, 0) is 11.8 Å². The topological polar surface area (TPSA) is 102 Å².